The summed E-state index contributed by atoms with van der Waals surface area (Å²) in [6, 6.07) is 24.9. The van der Waals surface area contributed by atoms with Crippen molar-refractivity contribution in [2.75, 3.05) is 6.79 Å². The van der Waals surface area contributed by atoms with Gasteiger partial charge in [-0.15, -0.1) is 0 Å². The molecule has 0 fully saturated rings. The van der Waals surface area contributed by atoms with Crippen LogP contribution in [0.1, 0.15) is 62.9 Å². The van der Waals surface area contributed by atoms with Gasteiger partial charge in [-0.1, -0.05) is 66.7 Å². The molecule has 0 unspecified atom stereocenters. The normalized spacial score (nSPS) is 14.7. The van der Waals surface area contributed by atoms with E-state index in [1.807, 2.05) is 85.8 Å². The number of benzene rings is 3. The van der Waals surface area contributed by atoms with Crippen molar-refractivity contribution in [3.8, 4) is 11.5 Å². The molecule has 2 N–H and O–H groups in total. The van der Waals surface area contributed by atoms with Crippen LogP contribution in [-0.2, 0) is 17.8 Å². The van der Waals surface area contributed by atoms with Gasteiger partial charge in [-0.3, -0.25) is 9.59 Å². The van der Waals surface area contributed by atoms with Gasteiger partial charge in [-0.05, 0) is 48.6 Å². The number of ether oxygens (including phenoxy) is 2. The molecule has 8 heteroatoms. The molecule has 1 aromatic heterocycles. The average molecular weight is 536 g/mol. The minimum atomic E-state index is -0.502. The quantitative estimate of drug-likeness (QED) is 0.315. The molecular weight excluding hydrogens is 506 g/mol. The van der Waals surface area contributed by atoms with E-state index in [-0.39, 0.29) is 24.4 Å². The first kappa shape index (κ1) is 25.4. The van der Waals surface area contributed by atoms with Crippen molar-refractivity contribution >= 4 is 17.5 Å². The number of hydrogen-bond donors (Lipinski definition) is 2. The Morgan fingerprint density at radius 1 is 0.900 bits per heavy atom. The number of fused-ring (bicyclic) bond motifs is 2. The third-order valence-corrected chi connectivity index (χ3v) is 7.25. The zero-order chi connectivity index (χ0) is 27.5. The number of hydrazone groups is 1. The Labute approximate surface area is 232 Å². The second-order valence-corrected chi connectivity index (χ2v) is 9.87. The SMILES string of the molecule is Cc1c(C(=O)NCc2ccc3c(c2)OCO3)oc2c1/C(=N/NC(=O)C(c1ccccc1)c1ccccc1)CCC2. The zero-order valence-electron chi connectivity index (χ0n) is 22.1. The highest BCUT2D eigenvalue weighted by Gasteiger charge is 2.29. The van der Waals surface area contributed by atoms with Gasteiger partial charge < -0.3 is 19.2 Å². The molecule has 0 bridgehead atoms. The molecule has 0 atom stereocenters. The van der Waals surface area contributed by atoms with Gasteiger partial charge >= 0.3 is 0 Å². The number of carbonyl (C=O) groups excluding carboxylic acids is 2. The number of rotatable bonds is 7. The lowest BCUT2D eigenvalue weighted by molar-refractivity contribution is -0.121. The summed E-state index contributed by atoms with van der Waals surface area (Å²) >= 11 is 0. The standard InChI is InChI=1S/C32H29N3O5/c1-20-28-24(34-35-31(36)29(22-9-4-2-5-10-22)23-11-6-3-7-12-23)13-8-14-26(28)40-30(20)32(37)33-18-21-15-16-25-27(17-21)39-19-38-25/h2-7,9-12,15-17,29H,8,13-14,18-19H2,1H3,(H,33,37)(H,35,36)/b34-24+. The molecule has 0 radical (unpaired) electrons. The van der Waals surface area contributed by atoms with E-state index in [1.54, 1.807) is 0 Å². The van der Waals surface area contributed by atoms with Crippen LogP contribution in [0, 0.1) is 6.92 Å². The van der Waals surface area contributed by atoms with Crippen LogP contribution in [0.15, 0.2) is 88.4 Å². The van der Waals surface area contributed by atoms with E-state index >= 15 is 0 Å². The number of carbonyl (C=O) groups is 2. The van der Waals surface area contributed by atoms with Crippen LogP contribution in [0.5, 0.6) is 11.5 Å². The number of furan rings is 1. The number of nitrogens with zero attached hydrogens (tertiary/aromatic N) is 1. The van der Waals surface area contributed by atoms with Crippen molar-refractivity contribution in [3.63, 3.8) is 0 Å². The zero-order valence-corrected chi connectivity index (χ0v) is 22.1. The van der Waals surface area contributed by atoms with Gasteiger partial charge in [-0.25, -0.2) is 5.43 Å². The Morgan fingerprint density at radius 3 is 2.33 bits per heavy atom. The second-order valence-electron chi connectivity index (χ2n) is 9.87. The molecule has 0 saturated carbocycles. The number of amides is 2. The van der Waals surface area contributed by atoms with Gasteiger partial charge in [0.05, 0.1) is 11.6 Å². The highest BCUT2D eigenvalue weighted by Crippen LogP contribution is 2.33. The highest BCUT2D eigenvalue weighted by molar-refractivity contribution is 6.06. The van der Waals surface area contributed by atoms with E-state index < -0.39 is 5.92 Å². The summed E-state index contributed by atoms with van der Waals surface area (Å²) < 4.78 is 16.8. The molecule has 0 spiro atoms. The van der Waals surface area contributed by atoms with Gasteiger partial charge in [0.25, 0.3) is 11.8 Å². The molecule has 2 heterocycles. The summed E-state index contributed by atoms with van der Waals surface area (Å²) in [5.41, 5.74) is 7.70. The Bertz CT molecular complexity index is 1540. The minimum Gasteiger partial charge on any atom is -0.455 e. The fraction of sp³-hybridized carbons (Fsp3) is 0.219. The molecule has 40 heavy (non-hydrogen) atoms. The topological polar surface area (TPSA) is 102 Å². The average Bonchev–Trinajstić information content (AvgIpc) is 3.60. The fourth-order valence-electron chi connectivity index (χ4n) is 5.28. The molecule has 1 aliphatic carbocycles. The van der Waals surface area contributed by atoms with Crippen molar-refractivity contribution in [3.05, 3.63) is 118 Å². The van der Waals surface area contributed by atoms with Gasteiger partial charge in [-0.2, -0.15) is 5.10 Å². The molecule has 4 aromatic rings. The Hall–Kier alpha value is -4.85. The van der Waals surface area contributed by atoms with E-state index in [9.17, 15) is 9.59 Å². The number of aryl methyl sites for hydroxylation is 1. The maximum Gasteiger partial charge on any atom is 0.287 e. The maximum atomic E-state index is 13.5. The fourth-order valence-corrected chi connectivity index (χ4v) is 5.28. The lowest BCUT2D eigenvalue weighted by atomic mass is 9.90. The van der Waals surface area contributed by atoms with Crippen LogP contribution in [0.3, 0.4) is 0 Å². The molecule has 202 valence electrons. The van der Waals surface area contributed by atoms with E-state index in [1.165, 1.54) is 0 Å². The van der Waals surface area contributed by atoms with E-state index in [0.717, 1.165) is 28.7 Å². The van der Waals surface area contributed by atoms with Crippen LogP contribution < -0.4 is 20.2 Å². The van der Waals surface area contributed by atoms with Crippen LogP contribution in [0.25, 0.3) is 0 Å². The Morgan fingerprint density at radius 2 is 1.60 bits per heavy atom. The predicted molar refractivity (Wildman–Crippen MR) is 150 cm³/mol. The van der Waals surface area contributed by atoms with Crippen LogP contribution in [0.2, 0.25) is 0 Å². The van der Waals surface area contributed by atoms with Crippen molar-refractivity contribution in [2.45, 2.75) is 38.6 Å². The summed E-state index contributed by atoms with van der Waals surface area (Å²) in [6.07, 6.45) is 2.19. The highest BCUT2D eigenvalue weighted by atomic mass is 16.7. The lowest BCUT2D eigenvalue weighted by Crippen LogP contribution is -2.28. The molecular formula is C32H29N3O5. The molecule has 3 aromatic carbocycles. The lowest BCUT2D eigenvalue weighted by Gasteiger charge is -2.18. The largest absolute Gasteiger partial charge is 0.455 e. The summed E-state index contributed by atoms with van der Waals surface area (Å²) in [7, 11) is 0. The molecule has 1 aliphatic heterocycles. The van der Waals surface area contributed by atoms with Gasteiger partial charge in [0.15, 0.2) is 17.3 Å². The van der Waals surface area contributed by atoms with Gasteiger partial charge in [0.2, 0.25) is 6.79 Å². The van der Waals surface area contributed by atoms with Crippen LogP contribution in [-0.4, -0.2) is 24.3 Å². The molecule has 6 rings (SSSR count). The molecule has 2 amide bonds. The smallest absolute Gasteiger partial charge is 0.287 e. The molecule has 0 saturated heterocycles. The van der Waals surface area contributed by atoms with E-state index in [2.05, 4.69) is 15.8 Å². The van der Waals surface area contributed by atoms with Crippen molar-refractivity contribution in [2.24, 2.45) is 5.10 Å². The number of nitrogens with one attached hydrogen (secondary N) is 2. The summed E-state index contributed by atoms with van der Waals surface area (Å²) in [6.45, 7) is 2.38. The maximum absolute atomic E-state index is 13.5. The summed E-state index contributed by atoms with van der Waals surface area (Å²) in [5.74, 6) is 1.31. The van der Waals surface area contributed by atoms with Gasteiger partial charge in [0, 0.05) is 24.1 Å². The van der Waals surface area contributed by atoms with E-state index in [0.29, 0.717) is 47.9 Å². The third-order valence-electron chi connectivity index (χ3n) is 7.25. The monoisotopic (exact) mass is 535 g/mol. The summed E-state index contributed by atoms with van der Waals surface area (Å²) in [5, 5.41) is 7.49. The van der Waals surface area contributed by atoms with Gasteiger partial charge in [0.1, 0.15) is 5.76 Å². The Balaban J connectivity index is 1.20. The summed E-state index contributed by atoms with van der Waals surface area (Å²) in [4.78, 5) is 26.6. The molecule has 2 aliphatic rings. The first-order valence-electron chi connectivity index (χ1n) is 13.3. The van der Waals surface area contributed by atoms with Crippen LogP contribution in [0.4, 0.5) is 0 Å². The van der Waals surface area contributed by atoms with Crippen molar-refractivity contribution < 1.29 is 23.5 Å². The second kappa shape index (κ2) is 11.1. The van der Waals surface area contributed by atoms with Crippen LogP contribution >= 0.6 is 0 Å². The van der Waals surface area contributed by atoms with Crippen molar-refractivity contribution in [1.29, 1.82) is 0 Å². The Kier molecular flexibility index (Phi) is 7.06. The third kappa shape index (κ3) is 5.08. The number of hydrogen-bond acceptors (Lipinski definition) is 6. The molecule has 8 nitrogen and oxygen atoms in total. The first-order chi connectivity index (χ1) is 19.6. The predicted octanol–water partition coefficient (Wildman–Crippen LogP) is 5.24. The van der Waals surface area contributed by atoms with Crippen molar-refractivity contribution in [1.82, 2.24) is 10.7 Å². The minimum absolute atomic E-state index is 0.200. The first-order valence-corrected chi connectivity index (χ1v) is 13.3. The van der Waals surface area contributed by atoms with E-state index in [4.69, 9.17) is 13.9 Å².